The van der Waals surface area contributed by atoms with E-state index in [1.165, 1.54) is 23.4 Å². The molecule has 2 heterocycles. The quantitative estimate of drug-likeness (QED) is 0.454. The van der Waals surface area contributed by atoms with Crippen LogP contribution in [0.2, 0.25) is 0 Å². The highest BCUT2D eigenvalue weighted by molar-refractivity contribution is 5.77. The number of imidazole rings is 1. The van der Waals surface area contributed by atoms with Crippen molar-refractivity contribution >= 4 is 29.3 Å². The number of benzene rings is 1. The molecule has 0 radical (unpaired) electrons. The van der Waals surface area contributed by atoms with E-state index < -0.39 is 5.97 Å². The lowest BCUT2D eigenvalue weighted by molar-refractivity contribution is -0.142. The molecule has 0 saturated heterocycles. The van der Waals surface area contributed by atoms with Crippen molar-refractivity contribution in [2.75, 3.05) is 20.8 Å². The van der Waals surface area contributed by atoms with Crippen LogP contribution in [0.25, 0.3) is 23.3 Å². The van der Waals surface area contributed by atoms with Crippen LogP contribution in [0.3, 0.4) is 0 Å². The summed E-state index contributed by atoms with van der Waals surface area (Å²) in [6.07, 6.45) is 3.61. The Balaban J connectivity index is 2.03. The number of fused-ring (bicyclic) bond motifs is 1. The van der Waals surface area contributed by atoms with Crippen molar-refractivity contribution in [1.29, 1.82) is 0 Å². The summed E-state index contributed by atoms with van der Waals surface area (Å²) in [4.78, 5) is 41.6. The van der Waals surface area contributed by atoms with Gasteiger partial charge in [-0.3, -0.25) is 13.9 Å². The predicted octanol–water partition coefficient (Wildman–Crippen LogP) is 2.15. The van der Waals surface area contributed by atoms with Gasteiger partial charge < -0.3 is 18.8 Å². The highest BCUT2D eigenvalue weighted by atomic mass is 16.6. The van der Waals surface area contributed by atoms with E-state index >= 15 is 0 Å². The standard InChI is InChI=1S/C23H28N4O6/c1-6-25-18(24-21-20(25)22(29)27(8-3)23(30)26(21)7-2)12-10-15-9-11-16(17(13-15)31-4)33-14-19(28)32-5/h9-13H,6-8,14H2,1-5H3. The number of hydrogen-bond acceptors (Lipinski definition) is 7. The largest absolute Gasteiger partial charge is 0.493 e. The predicted molar refractivity (Wildman–Crippen MR) is 125 cm³/mol. The Kier molecular flexibility index (Phi) is 7.37. The summed E-state index contributed by atoms with van der Waals surface area (Å²) < 4.78 is 19.9. The average Bonchev–Trinajstić information content (AvgIpc) is 3.20. The second-order valence-corrected chi connectivity index (χ2v) is 7.07. The Hall–Kier alpha value is -3.82. The van der Waals surface area contributed by atoms with Gasteiger partial charge in [-0.25, -0.2) is 14.6 Å². The molecule has 10 nitrogen and oxygen atoms in total. The molecule has 10 heteroatoms. The zero-order chi connectivity index (χ0) is 24.1. The van der Waals surface area contributed by atoms with Gasteiger partial charge in [0, 0.05) is 19.6 Å². The topological polar surface area (TPSA) is 107 Å². The summed E-state index contributed by atoms with van der Waals surface area (Å²) in [7, 11) is 2.80. The van der Waals surface area contributed by atoms with E-state index in [0.717, 1.165) is 5.56 Å². The van der Waals surface area contributed by atoms with Gasteiger partial charge in [0.15, 0.2) is 29.3 Å². The van der Waals surface area contributed by atoms with Crippen LogP contribution in [-0.4, -0.2) is 45.5 Å². The molecule has 0 amide bonds. The number of ether oxygens (including phenoxy) is 3. The monoisotopic (exact) mass is 456 g/mol. The van der Waals surface area contributed by atoms with Crippen molar-refractivity contribution in [3.63, 3.8) is 0 Å². The molecule has 0 N–H and O–H groups in total. The molecule has 0 unspecified atom stereocenters. The molecule has 0 spiro atoms. The fraction of sp³-hybridized carbons (Fsp3) is 0.391. The van der Waals surface area contributed by atoms with Crippen LogP contribution in [0.5, 0.6) is 11.5 Å². The minimum atomic E-state index is -0.493. The van der Waals surface area contributed by atoms with Crippen LogP contribution in [0.1, 0.15) is 32.2 Å². The van der Waals surface area contributed by atoms with Crippen molar-refractivity contribution < 1.29 is 19.0 Å². The maximum atomic E-state index is 13.0. The molecule has 0 aliphatic rings. The van der Waals surface area contributed by atoms with Crippen molar-refractivity contribution in [3.05, 3.63) is 50.4 Å². The molecule has 1 aromatic carbocycles. The number of esters is 1. The molecular formula is C23H28N4O6. The highest BCUT2D eigenvalue weighted by Gasteiger charge is 2.19. The van der Waals surface area contributed by atoms with Crippen LogP contribution < -0.4 is 20.7 Å². The molecule has 0 aliphatic carbocycles. The Morgan fingerprint density at radius 2 is 1.67 bits per heavy atom. The molecule has 0 bridgehead atoms. The summed E-state index contributed by atoms with van der Waals surface area (Å²) in [5, 5.41) is 0. The zero-order valence-corrected chi connectivity index (χ0v) is 19.5. The van der Waals surface area contributed by atoms with Crippen molar-refractivity contribution in [2.24, 2.45) is 0 Å². The SMILES string of the molecule is CCn1c(=O)c2c(nc(C=Cc3ccc(OCC(=O)OC)c(OC)c3)n2CC)n(CC)c1=O. The third kappa shape index (κ3) is 4.55. The van der Waals surface area contributed by atoms with E-state index in [9.17, 15) is 14.4 Å². The molecule has 3 aromatic rings. The molecule has 176 valence electrons. The van der Waals surface area contributed by atoms with Crippen LogP contribution in [0, 0.1) is 0 Å². The first-order chi connectivity index (χ1) is 15.9. The van der Waals surface area contributed by atoms with Crippen LogP contribution in [0.15, 0.2) is 27.8 Å². The number of carbonyl (C=O) groups is 1. The van der Waals surface area contributed by atoms with Gasteiger partial charge >= 0.3 is 11.7 Å². The zero-order valence-electron chi connectivity index (χ0n) is 19.5. The number of aryl methyl sites for hydroxylation is 2. The van der Waals surface area contributed by atoms with Gasteiger partial charge in [0.2, 0.25) is 0 Å². The fourth-order valence-electron chi connectivity index (χ4n) is 3.59. The van der Waals surface area contributed by atoms with Crippen molar-refractivity contribution in [3.8, 4) is 11.5 Å². The second kappa shape index (κ2) is 10.2. The van der Waals surface area contributed by atoms with Gasteiger partial charge in [-0.1, -0.05) is 12.1 Å². The summed E-state index contributed by atoms with van der Waals surface area (Å²) in [5.74, 6) is 0.931. The number of rotatable bonds is 9. The molecule has 0 saturated carbocycles. The van der Waals surface area contributed by atoms with E-state index in [-0.39, 0.29) is 24.4 Å². The van der Waals surface area contributed by atoms with E-state index in [2.05, 4.69) is 9.72 Å². The fourth-order valence-corrected chi connectivity index (χ4v) is 3.59. The third-order valence-corrected chi connectivity index (χ3v) is 5.28. The Labute approximate surface area is 190 Å². The molecular weight excluding hydrogens is 428 g/mol. The van der Waals surface area contributed by atoms with E-state index in [1.54, 1.807) is 35.8 Å². The summed E-state index contributed by atoms with van der Waals surface area (Å²) in [5.41, 5.74) is 0.879. The number of methoxy groups -OCH3 is 2. The van der Waals surface area contributed by atoms with Gasteiger partial charge in [0.1, 0.15) is 5.82 Å². The molecule has 0 atom stereocenters. The van der Waals surface area contributed by atoms with Crippen molar-refractivity contribution in [2.45, 2.75) is 40.4 Å². The molecule has 33 heavy (non-hydrogen) atoms. The van der Waals surface area contributed by atoms with E-state index in [4.69, 9.17) is 9.47 Å². The first kappa shape index (κ1) is 23.8. The van der Waals surface area contributed by atoms with Gasteiger partial charge in [0.25, 0.3) is 5.56 Å². The second-order valence-electron chi connectivity index (χ2n) is 7.07. The Bertz CT molecular complexity index is 1320. The number of carbonyl (C=O) groups excluding carboxylic acids is 1. The smallest absolute Gasteiger partial charge is 0.343 e. The number of hydrogen-bond donors (Lipinski definition) is 0. The average molecular weight is 456 g/mol. The molecule has 3 rings (SSSR count). The summed E-state index contributed by atoms with van der Waals surface area (Å²) in [6.45, 7) is 6.53. The van der Waals surface area contributed by atoms with Gasteiger partial charge in [0.05, 0.1) is 14.2 Å². The lowest BCUT2D eigenvalue weighted by Crippen LogP contribution is -2.40. The van der Waals surface area contributed by atoms with Crippen LogP contribution in [-0.2, 0) is 29.2 Å². The molecule has 2 aromatic heterocycles. The summed E-state index contributed by atoms with van der Waals surface area (Å²) >= 11 is 0. The van der Waals surface area contributed by atoms with Crippen LogP contribution in [0.4, 0.5) is 0 Å². The summed E-state index contributed by atoms with van der Waals surface area (Å²) in [6, 6.07) is 5.25. The van der Waals surface area contributed by atoms with Crippen molar-refractivity contribution in [1.82, 2.24) is 18.7 Å². The van der Waals surface area contributed by atoms with Gasteiger partial charge in [-0.2, -0.15) is 0 Å². The molecule has 0 aliphatic heterocycles. The lowest BCUT2D eigenvalue weighted by atomic mass is 10.2. The van der Waals surface area contributed by atoms with E-state index in [0.29, 0.717) is 41.6 Å². The Morgan fingerprint density at radius 1 is 0.970 bits per heavy atom. The number of nitrogens with zero attached hydrogens (tertiary/aromatic N) is 4. The first-order valence-corrected chi connectivity index (χ1v) is 10.7. The maximum Gasteiger partial charge on any atom is 0.343 e. The Morgan fingerprint density at radius 3 is 2.27 bits per heavy atom. The minimum Gasteiger partial charge on any atom is -0.493 e. The minimum absolute atomic E-state index is 0.225. The van der Waals surface area contributed by atoms with Gasteiger partial charge in [-0.15, -0.1) is 0 Å². The normalized spacial score (nSPS) is 11.3. The first-order valence-electron chi connectivity index (χ1n) is 10.7. The van der Waals surface area contributed by atoms with E-state index in [1.807, 2.05) is 19.9 Å². The number of aromatic nitrogens is 4. The maximum absolute atomic E-state index is 13.0. The lowest BCUT2D eigenvalue weighted by Gasteiger charge is -2.10. The van der Waals surface area contributed by atoms with Crippen LogP contribution >= 0.6 is 0 Å². The third-order valence-electron chi connectivity index (χ3n) is 5.28. The molecule has 0 fully saturated rings. The highest BCUT2D eigenvalue weighted by Crippen LogP contribution is 2.29. The van der Waals surface area contributed by atoms with Gasteiger partial charge in [-0.05, 0) is 44.5 Å².